The molecule has 0 saturated heterocycles. The van der Waals surface area contributed by atoms with E-state index in [1.54, 1.807) is 0 Å². The molecule has 16 heavy (non-hydrogen) atoms. The Morgan fingerprint density at radius 3 is 1.75 bits per heavy atom. The van der Waals surface area contributed by atoms with E-state index in [2.05, 4.69) is 6.92 Å². The van der Waals surface area contributed by atoms with Gasteiger partial charge in [0.05, 0.1) is 0 Å². The van der Waals surface area contributed by atoms with E-state index in [4.69, 9.17) is 10.2 Å². The topological polar surface area (TPSA) is 40.5 Å². The van der Waals surface area contributed by atoms with Crippen LogP contribution in [0, 0.1) is 11.8 Å². The molecule has 0 spiro atoms. The Labute approximate surface area is 102 Å². The molecule has 1 fully saturated rings. The summed E-state index contributed by atoms with van der Waals surface area (Å²) in [4.78, 5) is 0. The second-order valence-electron chi connectivity index (χ2n) is 4.11. The quantitative estimate of drug-likeness (QED) is 0.777. The molecule has 1 aliphatic carbocycles. The summed E-state index contributed by atoms with van der Waals surface area (Å²) in [5, 5.41) is 15.9. The standard InChI is InChI=1S/C11H22O.C2H6.CH4O/c1-2-5-10-6-3-4-7-11(10)8-9-12;2*1-2/h10-12H,2-9H2,1H3;1-2H3;2H,1H3. The number of rotatable bonds is 4. The fraction of sp³-hybridized carbons (Fsp3) is 1.00. The normalized spacial score (nSPS) is 23.6. The lowest BCUT2D eigenvalue weighted by Crippen LogP contribution is -2.20. The van der Waals surface area contributed by atoms with Gasteiger partial charge in [-0.1, -0.05) is 59.3 Å². The van der Waals surface area contributed by atoms with Gasteiger partial charge in [-0.2, -0.15) is 0 Å². The van der Waals surface area contributed by atoms with Crippen LogP contribution in [0.1, 0.15) is 65.7 Å². The molecule has 2 heteroatoms. The van der Waals surface area contributed by atoms with Crippen LogP contribution in [0.5, 0.6) is 0 Å². The average Bonchev–Trinajstić information content (AvgIpc) is 2.37. The van der Waals surface area contributed by atoms with Gasteiger partial charge in [-0.05, 0) is 18.3 Å². The minimum absolute atomic E-state index is 0.394. The minimum Gasteiger partial charge on any atom is -0.400 e. The first kappa shape index (κ1) is 18.3. The molecule has 0 aliphatic heterocycles. The van der Waals surface area contributed by atoms with Crippen molar-refractivity contribution in [1.29, 1.82) is 0 Å². The summed E-state index contributed by atoms with van der Waals surface area (Å²) in [6, 6.07) is 0. The predicted octanol–water partition coefficient (Wildman–Crippen LogP) is 3.61. The minimum atomic E-state index is 0.394. The highest BCUT2D eigenvalue weighted by molar-refractivity contribution is 4.74. The third-order valence-electron chi connectivity index (χ3n) is 3.23. The van der Waals surface area contributed by atoms with Crippen LogP contribution in [0.4, 0.5) is 0 Å². The van der Waals surface area contributed by atoms with Crippen molar-refractivity contribution in [2.24, 2.45) is 11.8 Å². The van der Waals surface area contributed by atoms with Gasteiger partial charge in [0.1, 0.15) is 0 Å². The van der Waals surface area contributed by atoms with Crippen LogP contribution in [-0.2, 0) is 0 Å². The molecule has 0 heterocycles. The van der Waals surface area contributed by atoms with E-state index >= 15 is 0 Å². The summed E-state index contributed by atoms with van der Waals surface area (Å²) in [7, 11) is 1.00. The van der Waals surface area contributed by atoms with Crippen molar-refractivity contribution in [3.63, 3.8) is 0 Å². The fourth-order valence-corrected chi connectivity index (χ4v) is 2.58. The van der Waals surface area contributed by atoms with Gasteiger partial charge in [-0.3, -0.25) is 0 Å². The van der Waals surface area contributed by atoms with Crippen molar-refractivity contribution < 1.29 is 10.2 Å². The molecule has 2 N–H and O–H groups in total. The zero-order valence-electron chi connectivity index (χ0n) is 11.7. The summed E-state index contributed by atoms with van der Waals surface area (Å²) < 4.78 is 0. The van der Waals surface area contributed by atoms with Crippen molar-refractivity contribution in [2.75, 3.05) is 13.7 Å². The SMILES string of the molecule is CC.CCCC1CCCCC1CCO.CO. The van der Waals surface area contributed by atoms with Gasteiger partial charge in [0, 0.05) is 13.7 Å². The molecule has 0 radical (unpaired) electrons. The predicted molar refractivity (Wildman–Crippen MR) is 71.5 cm³/mol. The Bertz CT molecular complexity index is 97.3. The lowest BCUT2D eigenvalue weighted by molar-refractivity contribution is 0.168. The van der Waals surface area contributed by atoms with E-state index < -0.39 is 0 Å². The monoisotopic (exact) mass is 232 g/mol. The van der Waals surface area contributed by atoms with E-state index in [9.17, 15) is 0 Å². The van der Waals surface area contributed by atoms with Crippen LogP contribution in [0.15, 0.2) is 0 Å². The van der Waals surface area contributed by atoms with Crippen LogP contribution in [-0.4, -0.2) is 23.9 Å². The Morgan fingerprint density at radius 1 is 0.938 bits per heavy atom. The maximum Gasteiger partial charge on any atom is 0.0433 e. The maximum absolute atomic E-state index is 8.90. The summed E-state index contributed by atoms with van der Waals surface area (Å²) in [6.45, 7) is 6.66. The van der Waals surface area contributed by atoms with Gasteiger partial charge in [-0.15, -0.1) is 0 Å². The van der Waals surface area contributed by atoms with E-state index in [0.29, 0.717) is 6.61 Å². The lowest BCUT2D eigenvalue weighted by Gasteiger charge is -2.30. The van der Waals surface area contributed by atoms with Crippen molar-refractivity contribution in [1.82, 2.24) is 0 Å². The molecule has 0 amide bonds. The van der Waals surface area contributed by atoms with E-state index in [1.807, 2.05) is 13.8 Å². The van der Waals surface area contributed by atoms with Gasteiger partial charge < -0.3 is 10.2 Å². The Hall–Kier alpha value is -0.0800. The summed E-state index contributed by atoms with van der Waals surface area (Å²) in [5.74, 6) is 1.76. The molecular weight excluding hydrogens is 200 g/mol. The summed E-state index contributed by atoms with van der Waals surface area (Å²) in [6.07, 6.45) is 9.34. The highest BCUT2D eigenvalue weighted by atomic mass is 16.3. The highest BCUT2D eigenvalue weighted by Gasteiger charge is 2.23. The van der Waals surface area contributed by atoms with Crippen LogP contribution in [0.2, 0.25) is 0 Å². The second-order valence-corrected chi connectivity index (χ2v) is 4.11. The van der Waals surface area contributed by atoms with Crippen molar-refractivity contribution >= 4 is 0 Å². The molecule has 0 bridgehead atoms. The molecule has 0 aromatic heterocycles. The summed E-state index contributed by atoms with van der Waals surface area (Å²) >= 11 is 0. The number of aliphatic hydroxyl groups excluding tert-OH is 2. The van der Waals surface area contributed by atoms with Gasteiger partial charge in [0.2, 0.25) is 0 Å². The molecular formula is C14H32O2. The molecule has 1 saturated carbocycles. The molecule has 1 aliphatic rings. The first-order chi connectivity index (χ1) is 7.88. The van der Waals surface area contributed by atoms with E-state index in [-0.39, 0.29) is 0 Å². The number of hydrogen-bond donors (Lipinski definition) is 2. The fourth-order valence-electron chi connectivity index (χ4n) is 2.58. The lowest BCUT2D eigenvalue weighted by atomic mass is 9.75. The number of hydrogen-bond acceptors (Lipinski definition) is 2. The molecule has 1 rings (SSSR count). The Morgan fingerprint density at radius 2 is 1.38 bits per heavy atom. The van der Waals surface area contributed by atoms with Gasteiger partial charge >= 0.3 is 0 Å². The van der Waals surface area contributed by atoms with Crippen LogP contribution in [0.3, 0.4) is 0 Å². The molecule has 0 aromatic rings. The second kappa shape index (κ2) is 14.9. The molecule has 100 valence electrons. The third kappa shape index (κ3) is 8.12. The molecule has 0 aromatic carbocycles. The number of aliphatic hydroxyl groups is 2. The zero-order valence-corrected chi connectivity index (χ0v) is 11.7. The summed E-state index contributed by atoms with van der Waals surface area (Å²) in [5.41, 5.74) is 0. The van der Waals surface area contributed by atoms with Crippen molar-refractivity contribution in [3.8, 4) is 0 Å². The van der Waals surface area contributed by atoms with Crippen LogP contribution in [0.25, 0.3) is 0 Å². The third-order valence-corrected chi connectivity index (χ3v) is 3.23. The smallest absolute Gasteiger partial charge is 0.0433 e. The highest BCUT2D eigenvalue weighted by Crippen LogP contribution is 2.34. The zero-order chi connectivity index (χ0) is 12.8. The largest absolute Gasteiger partial charge is 0.400 e. The van der Waals surface area contributed by atoms with Gasteiger partial charge in [0.15, 0.2) is 0 Å². The Kier molecular flexibility index (Phi) is 17.1. The van der Waals surface area contributed by atoms with E-state index in [1.165, 1.54) is 38.5 Å². The van der Waals surface area contributed by atoms with Gasteiger partial charge in [0.25, 0.3) is 0 Å². The Balaban J connectivity index is 0. The maximum atomic E-state index is 8.90. The van der Waals surface area contributed by atoms with Crippen LogP contribution >= 0.6 is 0 Å². The van der Waals surface area contributed by atoms with Crippen molar-refractivity contribution in [2.45, 2.75) is 65.7 Å². The molecule has 2 unspecified atom stereocenters. The van der Waals surface area contributed by atoms with Crippen molar-refractivity contribution in [3.05, 3.63) is 0 Å². The molecule has 2 nitrogen and oxygen atoms in total. The van der Waals surface area contributed by atoms with Crippen LogP contribution < -0.4 is 0 Å². The van der Waals surface area contributed by atoms with Gasteiger partial charge in [-0.25, -0.2) is 0 Å². The average molecular weight is 232 g/mol. The van der Waals surface area contributed by atoms with E-state index in [0.717, 1.165) is 25.4 Å². The first-order valence-electron chi connectivity index (χ1n) is 6.94. The first-order valence-corrected chi connectivity index (χ1v) is 6.94. The molecule has 2 atom stereocenters.